The number of carbonyl (C=O) groups excluding carboxylic acids is 1. The van der Waals surface area contributed by atoms with Gasteiger partial charge in [0, 0.05) is 6.42 Å². The fraction of sp³-hybridized carbons (Fsp3) is 0.929. The zero-order valence-corrected chi connectivity index (χ0v) is 52.4. The summed E-state index contributed by atoms with van der Waals surface area (Å²) in [6.45, 7) is 3.83. The van der Waals surface area contributed by atoms with Crippen LogP contribution in [-0.2, 0) is 14.3 Å². The van der Waals surface area contributed by atoms with Crippen molar-refractivity contribution < 1.29 is 39.8 Å². The monoisotopic (exact) mass is 1120 g/mol. The van der Waals surface area contributed by atoms with Crippen LogP contribution < -0.4 is 5.32 Å². The van der Waals surface area contributed by atoms with Gasteiger partial charge in [0.2, 0.25) is 5.91 Å². The predicted molar refractivity (Wildman–Crippen MR) is 337 cm³/mol. The van der Waals surface area contributed by atoms with Crippen LogP contribution in [0.3, 0.4) is 0 Å². The maximum absolute atomic E-state index is 13.1. The molecule has 9 heteroatoms. The summed E-state index contributed by atoms with van der Waals surface area (Å²) in [6.07, 6.45) is 71.5. The molecule has 1 rings (SSSR count). The van der Waals surface area contributed by atoms with Gasteiger partial charge in [-0.2, -0.15) is 0 Å². The van der Waals surface area contributed by atoms with Crippen LogP contribution in [-0.4, -0.2) is 87.5 Å². The Morgan fingerprint density at radius 2 is 0.722 bits per heavy atom. The first-order chi connectivity index (χ1) is 38.8. The second-order valence-electron chi connectivity index (χ2n) is 24.7. The first kappa shape index (κ1) is 75.7. The molecule has 0 aliphatic carbocycles. The summed E-state index contributed by atoms with van der Waals surface area (Å²) in [5.74, 6) is -0.178. The summed E-state index contributed by atoms with van der Waals surface area (Å²) in [5.41, 5.74) is 0. The molecule has 0 radical (unpaired) electrons. The second kappa shape index (κ2) is 59.8. The van der Waals surface area contributed by atoms with E-state index in [9.17, 15) is 30.3 Å². The molecule has 6 N–H and O–H groups in total. The molecular weight excluding hydrogens is 983 g/mol. The quantitative estimate of drug-likeness (QED) is 0.0261. The minimum absolute atomic E-state index is 0.178. The van der Waals surface area contributed by atoms with Crippen molar-refractivity contribution in [3.05, 3.63) is 24.3 Å². The molecule has 1 aliphatic heterocycles. The van der Waals surface area contributed by atoms with Gasteiger partial charge in [-0.25, -0.2) is 0 Å². The van der Waals surface area contributed by atoms with Crippen LogP contribution in [0.1, 0.15) is 361 Å². The summed E-state index contributed by atoms with van der Waals surface area (Å²) >= 11 is 0. The molecule has 0 saturated carbocycles. The third kappa shape index (κ3) is 48.7. The normalized spacial score (nSPS) is 18.6. The Hall–Kier alpha value is -1.33. The smallest absolute Gasteiger partial charge is 0.220 e. The maximum atomic E-state index is 13.1. The maximum Gasteiger partial charge on any atom is 0.220 e. The number of aliphatic hydroxyl groups excluding tert-OH is 5. The lowest BCUT2D eigenvalue weighted by atomic mass is 9.99. The Balaban J connectivity index is 2.14. The van der Waals surface area contributed by atoms with Crippen LogP contribution in [0.5, 0.6) is 0 Å². The number of hydrogen-bond donors (Lipinski definition) is 6. The van der Waals surface area contributed by atoms with E-state index < -0.39 is 49.5 Å². The molecule has 7 unspecified atom stereocenters. The third-order valence-electron chi connectivity index (χ3n) is 17.0. The van der Waals surface area contributed by atoms with Crippen LogP contribution in [0, 0.1) is 0 Å². The van der Waals surface area contributed by atoms with Crippen LogP contribution in [0.2, 0.25) is 0 Å². The van der Waals surface area contributed by atoms with Gasteiger partial charge in [-0.15, -0.1) is 0 Å². The molecule has 0 aromatic rings. The van der Waals surface area contributed by atoms with E-state index in [-0.39, 0.29) is 12.5 Å². The van der Waals surface area contributed by atoms with E-state index in [0.717, 1.165) is 38.5 Å². The number of nitrogens with one attached hydrogen (secondary N) is 1. The van der Waals surface area contributed by atoms with Crippen molar-refractivity contribution in [2.45, 2.75) is 403 Å². The predicted octanol–water partition coefficient (Wildman–Crippen LogP) is 18.9. The molecule has 79 heavy (non-hydrogen) atoms. The lowest BCUT2D eigenvalue weighted by Gasteiger charge is -2.40. The first-order valence-electron chi connectivity index (χ1n) is 35.1. The minimum atomic E-state index is -1.57. The topological polar surface area (TPSA) is 149 Å². The van der Waals surface area contributed by atoms with Gasteiger partial charge >= 0.3 is 0 Å². The van der Waals surface area contributed by atoms with Crippen LogP contribution >= 0.6 is 0 Å². The van der Waals surface area contributed by atoms with Crippen molar-refractivity contribution in [1.82, 2.24) is 5.32 Å². The molecule has 0 spiro atoms. The van der Waals surface area contributed by atoms with Gasteiger partial charge in [0.25, 0.3) is 0 Å². The molecule has 468 valence electrons. The summed E-state index contributed by atoms with van der Waals surface area (Å²) in [6, 6.07) is -0.820. The summed E-state index contributed by atoms with van der Waals surface area (Å²) in [4.78, 5) is 13.1. The number of amides is 1. The van der Waals surface area contributed by atoms with Gasteiger partial charge in [-0.3, -0.25) is 4.79 Å². The largest absolute Gasteiger partial charge is 0.394 e. The average Bonchev–Trinajstić information content (AvgIpc) is 3.47. The van der Waals surface area contributed by atoms with Crippen molar-refractivity contribution in [2.24, 2.45) is 0 Å². The molecule has 7 atom stereocenters. The summed E-state index contributed by atoms with van der Waals surface area (Å²) < 4.78 is 11.3. The average molecular weight is 1120 g/mol. The third-order valence-corrected chi connectivity index (χ3v) is 17.0. The number of hydrogen-bond acceptors (Lipinski definition) is 8. The highest BCUT2D eigenvalue weighted by Crippen LogP contribution is 2.23. The van der Waals surface area contributed by atoms with Gasteiger partial charge in [-0.05, 0) is 32.1 Å². The highest BCUT2D eigenvalue weighted by atomic mass is 16.7. The minimum Gasteiger partial charge on any atom is -0.394 e. The van der Waals surface area contributed by atoms with Gasteiger partial charge in [0.05, 0.1) is 25.4 Å². The Morgan fingerprint density at radius 1 is 0.418 bits per heavy atom. The molecule has 1 aliphatic rings. The SMILES string of the molecule is CCCCCCCCCCCCCCCCCCCCCCCCCC/C=C/CC/C=C/C(O)C(COC1OC(CO)C(O)C(O)C1O)NC(=O)CCCCCCCCCCCCCCCCCCCCCCCCCCCC. The number of unbranched alkanes of at least 4 members (excludes halogenated alkanes) is 50. The van der Waals surface area contributed by atoms with Crippen LogP contribution in [0.25, 0.3) is 0 Å². The van der Waals surface area contributed by atoms with Crippen molar-refractivity contribution >= 4 is 5.91 Å². The molecule has 0 bridgehead atoms. The Kier molecular flexibility index (Phi) is 57.3. The van der Waals surface area contributed by atoms with Crippen molar-refractivity contribution in [3.63, 3.8) is 0 Å². The Morgan fingerprint density at radius 3 is 1.06 bits per heavy atom. The van der Waals surface area contributed by atoms with E-state index in [1.807, 2.05) is 6.08 Å². The van der Waals surface area contributed by atoms with Crippen LogP contribution in [0.4, 0.5) is 0 Å². The molecule has 1 heterocycles. The molecule has 1 saturated heterocycles. The lowest BCUT2D eigenvalue weighted by molar-refractivity contribution is -0.302. The fourth-order valence-corrected chi connectivity index (χ4v) is 11.5. The van der Waals surface area contributed by atoms with Gasteiger partial charge in [0.15, 0.2) is 6.29 Å². The summed E-state index contributed by atoms with van der Waals surface area (Å²) in [5, 5.41) is 54.7. The van der Waals surface area contributed by atoms with Gasteiger partial charge in [-0.1, -0.05) is 346 Å². The Bertz CT molecular complexity index is 1300. The van der Waals surface area contributed by atoms with E-state index in [2.05, 4.69) is 31.3 Å². The van der Waals surface area contributed by atoms with Crippen LogP contribution in [0.15, 0.2) is 24.3 Å². The van der Waals surface area contributed by atoms with Gasteiger partial charge < -0.3 is 40.3 Å². The van der Waals surface area contributed by atoms with E-state index in [0.29, 0.717) is 6.42 Å². The molecular formula is C70H135NO8. The van der Waals surface area contributed by atoms with Crippen molar-refractivity contribution in [2.75, 3.05) is 13.2 Å². The molecule has 0 aromatic carbocycles. The zero-order chi connectivity index (χ0) is 57.2. The van der Waals surface area contributed by atoms with E-state index in [1.165, 1.54) is 302 Å². The van der Waals surface area contributed by atoms with E-state index in [1.54, 1.807) is 6.08 Å². The van der Waals surface area contributed by atoms with E-state index in [4.69, 9.17) is 9.47 Å². The molecule has 9 nitrogen and oxygen atoms in total. The second-order valence-corrected chi connectivity index (χ2v) is 24.7. The number of rotatable bonds is 62. The lowest BCUT2D eigenvalue weighted by Crippen LogP contribution is -2.60. The highest BCUT2D eigenvalue weighted by Gasteiger charge is 2.44. The van der Waals surface area contributed by atoms with Crippen molar-refractivity contribution in [1.29, 1.82) is 0 Å². The number of aliphatic hydroxyl groups is 5. The number of carbonyl (C=O) groups is 1. The summed E-state index contributed by atoms with van der Waals surface area (Å²) in [7, 11) is 0. The zero-order valence-electron chi connectivity index (χ0n) is 52.4. The fourth-order valence-electron chi connectivity index (χ4n) is 11.5. The highest BCUT2D eigenvalue weighted by molar-refractivity contribution is 5.76. The molecule has 1 amide bonds. The Labute approximate surface area is 489 Å². The number of allylic oxidation sites excluding steroid dienone is 3. The van der Waals surface area contributed by atoms with Crippen molar-refractivity contribution in [3.8, 4) is 0 Å². The number of ether oxygens (including phenoxy) is 2. The first-order valence-corrected chi connectivity index (χ1v) is 35.1. The van der Waals surface area contributed by atoms with E-state index >= 15 is 0 Å². The molecule has 1 fully saturated rings. The van der Waals surface area contributed by atoms with Gasteiger partial charge in [0.1, 0.15) is 24.4 Å². The molecule has 0 aromatic heterocycles. The standard InChI is InChI=1S/C70H135NO8/c1-3-5-7-9-11-13-15-17-19-21-23-25-27-29-31-32-33-34-35-37-39-41-43-45-47-49-51-53-55-57-59-64(73)63(62-78-70-69(77)68(76)67(75)65(61-72)79-70)71-66(74)60-58-56-54-52-50-48-46-44-42-40-38-36-30-28-26-24-22-20-18-16-14-12-10-8-6-4-2/h49,51,57,59,63-65,67-70,72-73,75-77H,3-48,50,52-56,58,60-62H2,1-2H3,(H,71,74)/b51-49+,59-57+.